The first-order chi connectivity index (χ1) is 11.8. The average Bonchev–Trinajstić information content (AvgIpc) is 2.97. The third kappa shape index (κ3) is 3.67. The molecule has 25 heavy (non-hydrogen) atoms. The molecule has 0 saturated heterocycles. The lowest BCUT2D eigenvalue weighted by Crippen LogP contribution is -2.13. The van der Waals surface area contributed by atoms with Gasteiger partial charge in [0, 0.05) is 17.7 Å². The van der Waals surface area contributed by atoms with Gasteiger partial charge in [0.05, 0.1) is 20.4 Å². The molecule has 0 N–H and O–H groups in total. The maximum atomic E-state index is 13.3. The molecule has 0 fully saturated rings. The standard InChI is InChI=1S/C16H10F2N2O3S2/c1-8(15(21)9-2-4-11(17)12(18)6-9)24-16-19-13-5-3-10(20(22)23)7-14(13)25-16/h2-8H,1H3/t8-/m0/s1. The molecule has 128 valence electrons. The Morgan fingerprint density at radius 3 is 2.68 bits per heavy atom. The van der Waals surface area contributed by atoms with Crippen LogP contribution in [0.25, 0.3) is 10.2 Å². The summed E-state index contributed by atoms with van der Waals surface area (Å²) < 4.78 is 27.5. The fourth-order valence-corrected chi connectivity index (χ4v) is 4.47. The van der Waals surface area contributed by atoms with Crippen molar-refractivity contribution >= 4 is 44.8 Å². The molecule has 0 unspecified atom stereocenters. The highest BCUT2D eigenvalue weighted by molar-refractivity contribution is 8.02. The highest BCUT2D eigenvalue weighted by atomic mass is 32.2. The van der Waals surface area contributed by atoms with Gasteiger partial charge in [-0.2, -0.15) is 0 Å². The van der Waals surface area contributed by atoms with E-state index >= 15 is 0 Å². The molecular weight excluding hydrogens is 370 g/mol. The van der Waals surface area contributed by atoms with Gasteiger partial charge in [-0.15, -0.1) is 11.3 Å². The molecule has 1 heterocycles. The zero-order chi connectivity index (χ0) is 18.1. The summed E-state index contributed by atoms with van der Waals surface area (Å²) in [4.78, 5) is 27.0. The van der Waals surface area contributed by atoms with Crippen molar-refractivity contribution in [1.82, 2.24) is 4.98 Å². The minimum Gasteiger partial charge on any atom is -0.293 e. The molecule has 0 spiro atoms. The van der Waals surface area contributed by atoms with E-state index in [1.165, 1.54) is 41.3 Å². The van der Waals surface area contributed by atoms with Gasteiger partial charge >= 0.3 is 0 Å². The lowest BCUT2D eigenvalue weighted by atomic mass is 10.1. The number of thiazole rings is 1. The van der Waals surface area contributed by atoms with Crippen LogP contribution in [0.15, 0.2) is 40.7 Å². The number of nitro benzene ring substituents is 1. The summed E-state index contributed by atoms with van der Waals surface area (Å²) in [7, 11) is 0. The summed E-state index contributed by atoms with van der Waals surface area (Å²) in [6.07, 6.45) is 0. The van der Waals surface area contributed by atoms with Crippen molar-refractivity contribution in [2.24, 2.45) is 0 Å². The van der Waals surface area contributed by atoms with E-state index < -0.39 is 21.8 Å². The number of Topliss-reactive ketones (excluding diaryl/α,β-unsaturated/α-hetero) is 1. The largest absolute Gasteiger partial charge is 0.293 e. The van der Waals surface area contributed by atoms with Crippen molar-refractivity contribution in [3.63, 3.8) is 0 Å². The first kappa shape index (κ1) is 17.4. The van der Waals surface area contributed by atoms with Crippen LogP contribution in [-0.4, -0.2) is 20.9 Å². The number of aromatic nitrogens is 1. The fraction of sp³-hybridized carbons (Fsp3) is 0.125. The number of carbonyl (C=O) groups is 1. The van der Waals surface area contributed by atoms with Gasteiger partial charge in [0.1, 0.15) is 0 Å². The number of rotatable bonds is 5. The van der Waals surface area contributed by atoms with Crippen LogP contribution in [0.1, 0.15) is 17.3 Å². The maximum Gasteiger partial charge on any atom is 0.270 e. The van der Waals surface area contributed by atoms with Crippen LogP contribution >= 0.6 is 23.1 Å². The second kappa shape index (κ2) is 6.85. The second-order valence-electron chi connectivity index (χ2n) is 5.14. The van der Waals surface area contributed by atoms with Gasteiger partial charge in [0.25, 0.3) is 5.69 Å². The average molecular weight is 380 g/mol. The maximum absolute atomic E-state index is 13.3. The minimum atomic E-state index is -1.07. The van der Waals surface area contributed by atoms with E-state index in [0.717, 1.165) is 12.1 Å². The number of non-ortho nitro benzene ring substituents is 1. The summed E-state index contributed by atoms with van der Waals surface area (Å²) in [5, 5.41) is 10.2. The van der Waals surface area contributed by atoms with Gasteiger partial charge in [-0.1, -0.05) is 11.8 Å². The Labute approximate surface area is 148 Å². The molecule has 0 aliphatic carbocycles. The molecule has 3 aromatic rings. The lowest BCUT2D eigenvalue weighted by Gasteiger charge is -2.08. The molecule has 1 atom stereocenters. The molecule has 0 bridgehead atoms. The Morgan fingerprint density at radius 2 is 2.00 bits per heavy atom. The van der Waals surface area contributed by atoms with Gasteiger partial charge in [0.2, 0.25) is 0 Å². The molecule has 0 aliphatic rings. The molecule has 0 aliphatic heterocycles. The van der Waals surface area contributed by atoms with E-state index in [1.54, 1.807) is 13.0 Å². The van der Waals surface area contributed by atoms with E-state index in [0.29, 0.717) is 14.6 Å². The van der Waals surface area contributed by atoms with Gasteiger partial charge in [-0.3, -0.25) is 14.9 Å². The van der Waals surface area contributed by atoms with Crippen LogP contribution in [-0.2, 0) is 0 Å². The van der Waals surface area contributed by atoms with E-state index in [9.17, 15) is 23.7 Å². The number of hydrogen-bond donors (Lipinski definition) is 0. The number of ketones is 1. The van der Waals surface area contributed by atoms with E-state index in [-0.39, 0.29) is 17.0 Å². The lowest BCUT2D eigenvalue weighted by molar-refractivity contribution is -0.384. The molecule has 3 rings (SSSR count). The summed E-state index contributed by atoms with van der Waals surface area (Å²) in [5.41, 5.74) is 0.653. The first-order valence-corrected chi connectivity index (χ1v) is 8.75. The van der Waals surface area contributed by atoms with Gasteiger partial charge in [-0.25, -0.2) is 13.8 Å². The zero-order valence-electron chi connectivity index (χ0n) is 12.7. The molecule has 0 amide bonds. The SMILES string of the molecule is C[C@H](Sc1nc2ccc([N+](=O)[O-])cc2s1)C(=O)c1ccc(F)c(F)c1. The number of carbonyl (C=O) groups excluding carboxylic acids is 1. The summed E-state index contributed by atoms with van der Waals surface area (Å²) in [5.74, 6) is -2.44. The molecule has 0 radical (unpaired) electrons. The van der Waals surface area contributed by atoms with Crippen LogP contribution < -0.4 is 0 Å². The Hall–Kier alpha value is -2.39. The van der Waals surface area contributed by atoms with E-state index in [2.05, 4.69) is 4.98 Å². The highest BCUT2D eigenvalue weighted by Gasteiger charge is 2.20. The third-order valence-corrected chi connectivity index (χ3v) is 5.63. The van der Waals surface area contributed by atoms with Crippen molar-refractivity contribution in [2.75, 3.05) is 0 Å². The van der Waals surface area contributed by atoms with Crippen LogP contribution in [0.5, 0.6) is 0 Å². The molecule has 9 heteroatoms. The Morgan fingerprint density at radius 1 is 1.24 bits per heavy atom. The van der Waals surface area contributed by atoms with Crippen molar-refractivity contribution < 1.29 is 18.5 Å². The first-order valence-electron chi connectivity index (χ1n) is 7.06. The zero-order valence-corrected chi connectivity index (χ0v) is 14.4. The van der Waals surface area contributed by atoms with Gasteiger partial charge in [0.15, 0.2) is 21.8 Å². The predicted octanol–water partition coefficient (Wildman–Crippen LogP) is 4.85. The van der Waals surface area contributed by atoms with Crippen LogP contribution in [0, 0.1) is 21.7 Å². The normalized spacial score (nSPS) is 12.3. The number of benzene rings is 2. The van der Waals surface area contributed by atoms with Crippen LogP contribution in [0.3, 0.4) is 0 Å². The Kier molecular flexibility index (Phi) is 4.78. The Bertz CT molecular complexity index is 991. The molecule has 1 aromatic heterocycles. The van der Waals surface area contributed by atoms with E-state index in [4.69, 9.17) is 0 Å². The quantitative estimate of drug-likeness (QED) is 0.274. The van der Waals surface area contributed by atoms with Crippen molar-refractivity contribution in [2.45, 2.75) is 16.5 Å². The van der Waals surface area contributed by atoms with Crippen molar-refractivity contribution in [3.8, 4) is 0 Å². The van der Waals surface area contributed by atoms with Crippen LogP contribution in [0.4, 0.5) is 14.5 Å². The minimum absolute atomic E-state index is 0.0291. The van der Waals surface area contributed by atoms with Crippen LogP contribution in [0.2, 0.25) is 0 Å². The summed E-state index contributed by atoms with van der Waals surface area (Å²) in [6.45, 7) is 1.64. The summed E-state index contributed by atoms with van der Waals surface area (Å²) in [6, 6.07) is 7.37. The van der Waals surface area contributed by atoms with Crippen molar-refractivity contribution in [1.29, 1.82) is 0 Å². The predicted molar refractivity (Wildman–Crippen MR) is 92.3 cm³/mol. The molecular formula is C16H10F2N2O3S2. The monoisotopic (exact) mass is 380 g/mol. The number of fused-ring (bicyclic) bond motifs is 1. The topological polar surface area (TPSA) is 73.1 Å². The van der Waals surface area contributed by atoms with Gasteiger partial charge in [-0.05, 0) is 31.2 Å². The highest BCUT2D eigenvalue weighted by Crippen LogP contribution is 2.34. The number of halogens is 2. The second-order valence-corrected chi connectivity index (χ2v) is 7.76. The number of nitro groups is 1. The number of hydrogen-bond acceptors (Lipinski definition) is 6. The fourth-order valence-electron chi connectivity index (χ4n) is 2.14. The molecule has 0 saturated carbocycles. The third-order valence-electron chi connectivity index (χ3n) is 3.41. The number of nitrogens with zero attached hydrogens (tertiary/aromatic N) is 2. The van der Waals surface area contributed by atoms with E-state index in [1.807, 2.05) is 0 Å². The smallest absolute Gasteiger partial charge is 0.270 e. The number of thioether (sulfide) groups is 1. The molecule has 5 nitrogen and oxygen atoms in total. The summed E-state index contributed by atoms with van der Waals surface area (Å²) >= 11 is 2.40. The van der Waals surface area contributed by atoms with Gasteiger partial charge < -0.3 is 0 Å². The molecule has 2 aromatic carbocycles. The van der Waals surface area contributed by atoms with Crippen molar-refractivity contribution in [3.05, 3.63) is 63.7 Å². The Balaban J connectivity index is 1.81.